The maximum atomic E-state index is 11.2. The van der Waals surface area contributed by atoms with Crippen molar-refractivity contribution in [3.63, 3.8) is 0 Å². The summed E-state index contributed by atoms with van der Waals surface area (Å²) in [5, 5.41) is 6.97. The van der Waals surface area contributed by atoms with Crippen LogP contribution in [0.25, 0.3) is 0 Å². The average Bonchev–Trinajstić information content (AvgIpc) is 2.77. The van der Waals surface area contributed by atoms with Crippen molar-refractivity contribution in [3.8, 4) is 0 Å². The van der Waals surface area contributed by atoms with Gasteiger partial charge in [-0.05, 0) is 39.2 Å². The van der Waals surface area contributed by atoms with E-state index in [9.17, 15) is 4.79 Å². The quantitative estimate of drug-likeness (QED) is 0.787. The number of aromatic nitrogens is 1. The van der Waals surface area contributed by atoms with Gasteiger partial charge in [0, 0.05) is 17.8 Å². The lowest BCUT2D eigenvalue weighted by Crippen LogP contribution is -2.32. The summed E-state index contributed by atoms with van der Waals surface area (Å²) in [6.07, 6.45) is 6.93. The van der Waals surface area contributed by atoms with E-state index in [-0.39, 0.29) is 18.3 Å². The number of carbonyl (C=O) groups is 1. The number of carbonyl (C=O) groups excluding carboxylic acids is 1. The number of thiazole rings is 1. The SMILES string of the molecule is CNCC(=O)NCCCc1nc2c(s1)CCCC2.Cl. The second kappa shape index (κ2) is 8.51. The highest BCUT2D eigenvalue weighted by atomic mass is 35.5. The highest BCUT2D eigenvalue weighted by molar-refractivity contribution is 7.11. The molecule has 1 aliphatic carbocycles. The van der Waals surface area contributed by atoms with Gasteiger partial charge in [-0.2, -0.15) is 0 Å². The van der Waals surface area contributed by atoms with Gasteiger partial charge in [0.15, 0.2) is 0 Å². The van der Waals surface area contributed by atoms with Gasteiger partial charge in [0.05, 0.1) is 17.2 Å². The predicted octanol–water partition coefficient (Wildman–Crippen LogP) is 1.71. The lowest BCUT2D eigenvalue weighted by Gasteiger charge is -2.06. The Morgan fingerprint density at radius 1 is 1.37 bits per heavy atom. The standard InChI is InChI=1S/C13H21N3OS.ClH/c1-14-9-12(17)15-8-4-7-13-16-10-5-2-3-6-11(10)18-13;/h14H,2-9H2,1H3,(H,15,17);1H. The van der Waals surface area contributed by atoms with E-state index in [2.05, 4.69) is 10.6 Å². The topological polar surface area (TPSA) is 54.0 Å². The minimum Gasteiger partial charge on any atom is -0.355 e. The lowest BCUT2D eigenvalue weighted by atomic mass is 10.0. The van der Waals surface area contributed by atoms with Gasteiger partial charge in [-0.25, -0.2) is 4.98 Å². The molecule has 108 valence electrons. The third-order valence-electron chi connectivity index (χ3n) is 3.12. The second-order valence-corrected chi connectivity index (χ2v) is 5.84. The van der Waals surface area contributed by atoms with Crippen molar-refractivity contribution < 1.29 is 4.79 Å². The third kappa shape index (κ3) is 5.09. The normalized spacial score (nSPS) is 13.5. The molecule has 0 radical (unpaired) electrons. The van der Waals surface area contributed by atoms with Crippen LogP contribution in [0.5, 0.6) is 0 Å². The molecule has 1 heterocycles. The van der Waals surface area contributed by atoms with E-state index in [1.54, 1.807) is 7.05 Å². The molecule has 0 fully saturated rings. The molecule has 0 aromatic carbocycles. The summed E-state index contributed by atoms with van der Waals surface area (Å²) in [7, 11) is 1.78. The van der Waals surface area contributed by atoms with Crippen LogP contribution in [-0.4, -0.2) is 31.0 Å². The number of rotatable bonds is 6. The zero-order chi connectivity index (χ0) is 12.8. The van der Waals surface area contributed by atoms with E-state index in [1.165, 1.54) is 34.8 Å². The van der Waals surface area contributed by atoms with Gasteiger partial charge in [0.2, 0.25) is 5.91 Å². The number of aryl methyl sites for hydroxylation is 3. The summed E-state index contributed by atoms with van der Waals surface area (Å²) in [4.78, 5) is 17.4. The Bertz CT molecular complexity index is 385. The van der Waals surface area contributed by atoms with Crippen LogP contribution in [0.15, 0.2) is 0 Å². The summed E-state index contributed by atoms with van der Waals surface area (Å²) in [5.41, 5.74) is 1.33. The summed E-state index contributed by atoms with van der Waals surface area (Å²) in [6, 6.07) is 0. The van der Waals surface area contributed by atoms with Crippen LogP contribution < -0.4 is 10.6 Å². The second-order valence-electron chi connectivity index (χ2n) is 4.67. The molecule has 1 amide bonds. The summed E-state index contributed by atoms with van der Waals surface area (Å²) >= 11 is 1.87. The van der Waals surface area contributed by atoms with Gasteiger partial charge < -0.3 is 10.6 Å². The minimum atomic E-state index is 0. The molecule has 2 rings (SSSR count). The van der Waals surface area contributed by atoms with E-state index in [0.29, 0.717) is 6.54 Å². The van der Waals surface area contributed by atoms with Gasteiger partial charge in [-0.15, -0.1) is 23.7 Å². The summed E-state index contributed by atoms with van der Waals surface area (Å²) < 4.78 is 0. The largest absolute Gasteiger partial charge is 0.355 e. The van der Waals surface area contributed by atoms with Crippen LogP contribution in [0, 0.1) is 0 Å². The molecule has 0 bridgehead atoms. The Morgan fingerprint density at radius 2 is 2.16 bits per heavy atom. The van der Waals surface area contributed by atoms with Crippen molar-refractivity contribution in [2.75, 3.05) is 20.1 Å². The average molecular weight is 304 g/mol. The molecule has 1 aromatic rings. The number of likely N-dealkylation sites (N-methyl/N-ethyl adjacent to an activating group) is 1. The Morgan fingerprint density at radius 3 is 2.89 bits per heavy atom. The summed E-state index contributed by atoms with van der Waals surface area (Å²) in [6.45, 7) is 1.14. The Labute approximate surface area is 124 Å². The van der Waals surface area contributed by atoms with Gasteiger partial charge in [0.25, 0.3) is 0 Å². The first kappa shape index (κ1) is 16.4. The predicted molar refractivity (Wildman–Crippen MR) is 81.3 cm³/mol. The van der Waals surface area contributed by atoms with Gasteiger partial charge in [-0.3, -0.25) is 4.79 Å². The Kier molecular flexibility index (Phi) is 7.34. The fraction of sp³-hybridized carbons (Fsp3) is 0.692. The van der Waals surface area contributed by atoms with Gasteiger partial charge >= 0.3 is 0 Å². The number of amides is 1. The number of nitrogens with one attached hydrogen (secondary N) is 2. The van der Waals surface area contributed by atoms with Crippen LogP contribution >= 0.6 is 23.7 Å². The first-order valence-corrected chi connectivity index (χ1v) is 7.50. The van der Waals surface area contributed by atoms with Crippen molar-refractivity contribution in [2.24, 2.45) is 0 Å². The maximum Gasteiger partial charge on any atom is 0.233 e. The van der Waals surface area contributed by atoms with E-state index in [0.717, 1.165) is 25.8 Å². The number of fused-ring (bicyclic) bond motifs is 1. The Hall–Kier alpha value is -0.650. The number of hydrogen-bond acceptors (Lipinski definition) is 4. The zero-order valence-electron chi connectivity index (χ0n) is 11.3. The first-order valence-electron chi connectivity index (χ1n) is 6.68. The van der Waals surface area contributed by atoms with Crippen LogP contribution in [-0.2, 0) is 24.1 Å². The van der Waals surface area contributed by atoms with E-state index >= 15 is 0 Å². The van der Waals surface area contributed by atoms with Gasteiger partial charge in [0.1, 0.15) is 0 Å². The van der Waals surface area contributed by atoms with E-state index in [4.69, 9.17) is 4.98 Å². The molecule has 1 aromatic heterocycles. The fourth-order valence-electron chi connectivity index (χ4n) is 2.20. The monoisotopic (exact) mass is 303 g/mol. The van der Waals surface area contributed by atoms with Crippen LogP contribution in [0.1, 0.15) is 34.8 Å². The molecule has 0 atom stereocenters. The van der Waals surface area contributed by atoms with E-state index < -0.39 is 0 Å². The number of nitrogens with zero attached hydrogens (tertiary/aromatic N) is 1. The third-order valence-corrected chi connectivity index (χ3v) is 4.33. The van der Waals surface area contributed by atoms with Crippen LogP contribution in [0.3, 0.4) is 0 Å². The molecule has 2 N–H and O–H groups in total. The highest BCUT2D eigenvalue weighted by Gasteiger charge is 2.14. The smallest absolute Gasteiger partial charge is 0.233 e. The van der Waals surface area contributed by atoms with Crippen molar-refractivity contribution in [1.82, 2.24) is 15.6 Å². The molecule has 0 spiro atoms. The molecular weight excluding hydrogens is 282 g/mol. The molecule has 0 saturated carbocycles. The number of halogens is 1. The molecule has 4 nitrogen and oxygen atoms in total. The molecule has 0 saturated heterocycles. The molecular formula is C13H22ClN3OS. The van der Waals surface area contributed by atoms with Crippen molar-refractivity contribution in [1.29, 1.82) is 0 Å². The van der Waals surface area contributed by atoms with E-state index in [1.807, 2.05) is 11.3 Å². The Balaban J connectivity index is 0.00000180. The van der Waals surface area contributed by atoms with Crippen LogP contribution in [0.4, 0.5) is 0 Å². The molecule has 6 heteroatoms. The zero-order valence-corrected chi connectivity index (χ0v) is 13.0. The first-order chi connectivity index (χ1) is 8.79. The minimum absolute atomic E-state index is 0. The molecule has 0 unspecified atom stereocenters. The van der Waals surface area contributed by atoms with Gasteiger partial charge in [-0.1, -0.05) is 0 Å². The summed E-state index contributed by atoms with van der Waals surface area (Å²) in [5.74, 6) is 0.0657. The lowest BCUT2D eigenvalue weighted by molar-refractivity contribution is -0.120. The number of hydrogen-bond donors (Lipinski definition) is 2. The van der Waals surface area contributed by atoms with Crippen molar-refractivity contribution in [2.45, 2.75) is 38.5 Å². The van der Waals surface area contributed by atoms with Crippen molar-refractivity contribution in [3.05, 3.63) is 15.6 Å². The highest BCUT2D eigenvalue weighted by Crippen LogP contribution is 2.27. The molecule has 0 aliphatic heterocycles. The van der Waals surface area contributed by atoms with Crippen molar-refractivity contribution >= 4 is 29.7 Å². The van der Waals surface area contributed by atoms with Crippen LogP contribution in [0.2, 0.25) is 0 Å². The fourth-order valence-corrected chi connectivity index (χ4v) is 3.40. The maximum absolute atomic E-state index is 11.2. The molecule has 19 heavy (non-hydrogen) atoms. The molecule has 1 aliphatic rings.